The van der Waals surface area contributed by atoms with Crippen molar-refractivity contribution < 1.29 is 9.59 Å². The number of fused-ring (bicyclic) bond motifs is 1. The summed E-state index contributed by atoms with van der Waals surface area (Å²) in [5, 5.41) is 3.25. The fourth-order valence-electron chi connectivity index (χ4n) is 4.02. The monoisotopic (exact) mass is 328 g/mol. The molecule has 130 valence electrons. The summed E-state index contributed by atoms with van der Waals surface area (Å²) < 4.78 is 0. The van der Waals surface area contributed by atoms with Gasteiger partial charge in [0.1, 0.15) is 6.04 Å². The molecule has 0 spiro atoms. The predicted octanol–water partition coefficient (Wildman–Crippen LogP) is 3.36. The highest BCUT2D eigenvalue weighted by Crippen LogP contribution is 2.31. The van der Waals surface area contributed by atoms with E-state index in [1.807, 2.05) is 31.2 Å². The predicted molar refractivity (Wildman–Crippen MR) is 94.5 cm³/mol. The van der Waals surface area contributed by atoms with Gasteiger partial charge in [-0.3, -0.25) is 9.59 Å². The number of amides is 2. The van der Waals surface area contributed by atoms with Crippen LogP contribution in [0.5, 0.6) is 0 Å². The topological polar surface area (TPSA) is 49.4 Å². The third-order valence-electron chi connectivity index (χ3n) is 5.24. The van der Waals surface area contributed by atoms with Gasteiger partial charge in [0.25, 0.3) is 0 Å². The molecular weight excluding hydrogens is 300 g/mol. The normalized spacial score (nSPS) is 22.0. The van der Waals surface area contributed by atoms with Crippen LogP contribution in [0.3, 0.4) is 0 Å². The van der Waals surface area contributed by atoms with Crippen LogP contribution in [0.1, 0.15) is 69.0 Å². The van der Waals surface area contributed by atoms with Crippen LogP contribution in [0, 0.1) is 0 Å². The highest BCUT2D eigenvalue weighted by Gasteiger charge is 2.37. The summed E-state index contributed by atoms with van der Waals surface area (Å²) in [7, 11) is 0. The Hall–Kier alpha value is -1.84. The molecule has 1 fully saturated rings. The fraction of sp³-hybridized carbons (Fsp3) is 0.600. The van der Waals surface area contributed by atoms with Crippen LogP contribution in [-0.2, 0) is 16.0 Å². The van der Waals surface area contributed by atoms with Crippen molar-refractivity contribution in [2.75, 3.05) is 6.54 Å². The summed E-state index contributed by atoms with van der Waals surface area (Å²) in [6, 6.07) is 7.68. The summed E-state index contributed by atoms with van der Waals surface area (Å²) in [5.74, 6) is 0.0624. The molecule has 0 saturated heterocycles. The molecule has 4 heteroatoms. The summed E-state index contributed by atoms with van der Waals surface area (Å²) in [4.78, 5) is 27.4. The lowest BCUT2D eigenvalue weighted by Gasteiger charge is -2.37. The van der Waals surface area contributed by atoms with Crippen molar-refractivity contribution in [3.8, 4) is 0 Å². The van der Waals surface area contributed by atoms with Gasteiger partial charge < -0.3 is 10.2 Å². The van der Waals surface area contributed by atoms with E-state index in [1.165, 1.54) is 25.7 Å². The first-order chi connectivity index (χ1) is 11.7. The van der Waals surface area contributed by atoms with Crippen LogP contribution in [0.4, 0.5) is 0 Å². The first kappa shape index (κ1) is 17.0. The lowest BCUT2D eigenvalue weighted by atomic mass is 9.91. The molecule has 1 N–H and O–H groups in total. The molecule has 2 aliphatic rings. The first-order valence-electron chi connectivity index (χ1n) is 9.38. The van der Waals surface area contributed by atoms with Gasteiger partial charge in [-0.05, 0) is 30.4 Å². The summed E-state index contributed by atoms with van der Waals surface area (Å²) in [5.41, 5.74) is 1.99. The van der Waals surface area contributed by atoms with Crippen LogP contribution < -0.4 is 5.32 Å². The Morgan fingerprint density at radius 2 is 1.88 bits per heavy atom. The second kappa shape index (κ2) is 7.82. The molecular formula is C20H28N2O2. The Kier molecular flexibility index (Phi) is 5.54. The van der Waals surface area contributed by atoms with Crippen LogP contribution in [0.15, 0.2) is 24.3 Å². The van der Waals surface area contributed by atoms with Gasteiger partial charge >= 0.3 is 0 Å². The molecule has 0 aromatic heterocycles. The lowest BCUT2D eigenvalue weighted by Crippen LogP contribution is -2.49. The summed E-state index contributed by atoms with van der Waals surface area (Å²) in [6.07, 6.45) is 8.28. The second-order valence-electron chi connectivity index (χ2n) is 7.06. The average molecular weight is 328 g/mol. The van der Waals surface area contributed by atoms with Crippen LogP contribution in [0.2, 0.25) is 0 Å². The van der Waals surface area contributed by atoms with Crippen molar-refractivity contribution in [2.45, 2.75) is 70.4 Å². The smallest absolute Gasteiger partial charge is 0.247 e. The molecule has 1 aliphatic heterocycles. The van der Waals surface area contributed by atoms with Crippen molar-refractivity contribution >= 4 is 11.8 Å². The molecule has 1 saturated carbocycles. The Morgan fingerprint density at radius 3 is 2.58 bits per heavy atom. The van der Waals surface area contributed by atoms with Crippen LogP contribution in [0.25, 0.3) is 0 Å². The zero-order valence-electron chi connectivity index (χ0n) is 14.6. The maximum absolute atomic E-state index is 13.1. The first-order valence-corrected chi connectivity index (χ1v) is 9.38. The van der Waals surface area contributed by atoms with Gasteiger partial charge in [0, 0.05) is 12.6 Å². The minimum atomic E-state index is -0.467. The average Bonchev–Trinajstić information content (AvgIpc) is 2.84. The van der Waals surface area contributed by atoms with Gasteiger partial charge in [0.2, 0.25) is 11.8 Å². The number of benzene rings is 1. The van der Waals surface area contributed by atoms with Gasteiger partial charge in [-0.2, -0.15) is 0 Å². The largest absolute Gasteiger partial charge is 0.351 e. The molecule has 2 amide bonds. The van der Waals surface area contributed by atoms with E-state index in [1.54, 1.807) is 4.90 Å². The Morgan fingerprint density at radius 1 is 1.17 bits per heavy atom. The number of hydrogen-bond acceptors (Lipinski definition) is 2. The lowest BCUT2D eigenvalue weighted by molar-refractivity contribution is -0.142. The third-order valence-corrected chi connectivity index (χ3v) is 5.24. The number of nitrogens with one attached hydrogen (secondary N) is 1. The van der Waals surface area contributed by atoms with Crippen molar-refractivity contribution in [1.29, 1.82) is 0 Å². The molecule has 1 atom stereocenters. The van der Waals surface area contributed by atoms with Crippen LogP contribution in [-0.4, -0.2) is 29.3 Å². The molecule has 4 nitrogen and oxygen atoms in total. The number of carbonyl (C=O) groups is 2. The van der Waals surface area contributed by atoms with E-state index in [0.717, 1.165) is 30.4 Å². The molecule has 1 aromatic rings. The molecule has 0 bridgehead atoms. The van der Waals surface area contributed by atoms with E-state index in [2.05, 4.69) is 5.32 Å². The maximum atomic E-state index is 13.1. The van der Waals surface area contributed by atoms with E-state index in [9.17, 15) is 9.59 Å². The third kappa shape index (κ3) is 3.63. The zero-order chi connectivity index (χ0) is 16.9. The molecule has 3 rings (SSSR count). The van der Waals surface area contributed by atoms with E-state index >= 15 is 0 Å². The van der Waals surface area contributed by atoms with Crippen LogP contribution >= 0.6 is 0 Å². The van der Waals surface area contributed by atoms with E-state index in [4.69, 9.17) is 0 Å². The Labute approximate surface area is 144 Å². The van der Waals surface area contributed by atoms with Gasteiger partial charge in [-0.25, -0.2) is 0 Å². The molecule has 24 heavy (non-hydrogen) atoms. The number of rotatable bonds is 4. The Balaban J connectivity index is 1.83. The highest BCUT2D eigenvalue weighted by molar-refractivity contribution is 5.92. The fourth-order valence-corrected chi connectivity index (χ4v) is 4.02. The summed E-state index contributed by atoms with van der Waals surface area (Å²) in [6.45, 7) is 2.68. The highest BCUT2D eigenvalue weighted by atomic mass is 16.2. The second-order valence-corrected chi connectivity index (χ2v) is 7.06. The van der Waals surface area contributed by atoms with E-state index < -0.39 is 6.04 Å². The maximum Gasteiger partial charge on any atom is 0.247 e. The van der Waals surface area contributed by atoms with E-state index in [0.29, 0.717) is 13.0 Å². The van der Waals surface area contributed by atoms with E-state index in [-0.39, 0.29) is 17.9 Å². The molecule has 1 aromatic carbocycles. The quantitative estimate of drug-likeness (QED) is 0.862. The minimum absolute atomic E-state index is 0.00384. The molecule has 0 unspecified atom stereocenters. The SMILES string of the molecule is CCCN1C(=O)Cc2ccccc2[C@H]1C(=O)NC1CCCCCC1. The van der Waals surface area contributed by atoms with Crippen molar-refractivity contribution in [2.24, 2.45) is 0 Å². The van der Waals surface area contributed by atoms with Gasteiger partial charge in [0.05, 0.1) is 6.42 Å². The molecule has 1 aliphatic carbocycles. The van der Waals surface area contributed by atoms with Crippen molar-refractivity contribution in [3.63, 3.8) is 0 Å². The molecule has 0 radical (unpaired) electrons. The van der Waals surface area contributed by atoms with Gasteiger partial charge in [0.15, 0.2) is 0 Å². The summed E-state index contributed by atoms with van der Waals surface area (Å²) >= 11 is 0. The number of carbonyl (C=O) groups excluding carboxylic acids is 2. The zero-order valence-corrected chi connectivity index (χ0v) is 14.6. The van der Waals surface area contributed by atoms with Gasteiger partial charge in [-0.1, -0.05) is 56.9 Å². The molecule has 1 heterocycles. The minimum Gasteiger partial charge on any atom is -0.351 e. The standard InChI is InChI=1S/C20H28N2O2/c1-2-13-22-18(23)14-15-9-7-8-12-17(15)19(22)20(24)21-16-10-5-3-4-6-11-16/h7-9,12,16,19H,2-6,10-11,13-14H2,1H3,(H,21,24)/t19-/m0/s1. The van der Waals surface area contributed by atoms with Crippen molar-refractivity contribution in [1.82, 2.24) is 10.2 Å². The number of hydrogen-bond donors (Lipinski definition) is 1. The van der Waals surface area contributed by atoms with Gasteiger partial charge in [-0.15, -0.1) is 0 Å². The van der Waals surface area contributed by atoms with Crippen molar-refractivity contribution in [3.05, 3.63) is 35.4 Å². The number of nitrogens with zero attached hydrogens (tertiary/aromatic N) is 1. The Bertz CT molecular complexity index is 591.